The number of fused-ring (bicyclic) bond motifs is 2. The summed E-state index contributed by atoms with van der Waals surface area (Å²) in [6.45, 7) is 2.15. The number of nitrogens with two attached hydrogens (primary N) is 2. The van der Waals surface area contributed by atoms with E-state index in [0.29, 0.717) is 12.2 Å². The molecule has 4 nitrogen and oxygen atoms in total. The zero-order valence-corrected chi connectivity index (χ0v) is 8.22. The molecule has 1 aliphatic carbocycles. The predicted molar refractivity (Wildman–Crippen MR) is 52.9 cm³/mol. The van der Waals surface area contributed by atoms with E-state index in [-0.39, 0.29) is 11.7 Å². The van der Waals surface area contributed by atoms with Crippen molar-refractivity contribution in [2.75, 3.05) is 0 Å². The average Bonchev–Trinajstić information content (AvgIpc) is 2.11. The van der Waals surface area contributed by atoms with Crippen molar-refractivity contribution in [2.24, 2.45) is 11.5 Å². The second-order valence-electron chi connectivity index (χ2n) is 4.44. The molecule has 4 atom stereocenters. The topological polar surface area (TPSA) is 76.1 Å². The van der Waals surface area contributed by atoms with Gasteiger partial charge >= 0.3 is 0 Å². The number of hydrogen-bond donors (Lipinski definition) is 4. The molecular formula is C9H20N4. The molecule has 0 aromatic heterocycles. The van der Waals surface area contributed by atoms with Gasteiger partial charge in [0.2, 0.25) is 0 Å². The van der Waals surface area contributed by atoms with Gasteiger partial charge in [0.25, 0.3) is 0 Å². The fourth-order valence-electron chi connectivity index (χ4n) is 2.45. The summed E-state index contributed by atoms with van der Waals surface area (Å²) in [5.41, 5.74) is 12.1. The summed E-state index contributed by atoms with van der Waals surface area (Å²) in [4.78, 5) is 0. The molecule has 0 spiro atoms. The maximum absolute atomic E-state index is 6.22. The van der Waals surface area contributed by atoms with Crippen LogP contribution in [0.5, 0.6) is 0 Å². The van der Waals surface area contributed by atoms with Gasteiger partial charge < -0.3 is 11.5 Å². The van der Waals surface area contributed by atoms with Gasteiger partial charge in [0, 0.05) is 12.1 Å². The van der Waals surface area contributed by atoms with Crippen molar-refractivity contribution < 1.29 is 0 Å². The van der Waals surface area contributed by atoms with Crippen LogP contribution in [0.1, 0.15) is 32.6 Å². The Morgan fingerprint density at radius 2 is 2.31 bits per heavy atom. The van der Waals surface area contributed by atoms with Crippen LogP contribution in [-0.2, 0) is 0 Å². The van der Waals surface area contributed by atoms with Gasteiger partial charge in [0.1, 0.15) is 0 Å². The van der Waals surface area contributed by atoms with Crippen LogP contribution >= 0.6 is 0 Å². The Kier molecular flexibility index (Phi) is 2.32. The molecule has 0 aromatic carbocycles. The molecule has 0 radical (unpaired) electrons. The third-order valence-electron chi connectivity index (χ3n) is 3.31. The zero-order valence-electron chi connectivity index (χ0n) is 8.22. The monoisotopic (exact) mass is 184 g/mol. The minimum atomic E-state index is -0.160. The maximum Gasteiger partial charge on any atom is 0.0690 e. The lowest BCUT2D eigenvalue weighted by molar-refractivity contribution is 0.0921. The Balaban J connectivity index is 2.09. The van der Waals surface area contributed by atoms with Crippen LogP contribution in [0, 0.1) is 0 Å². The third-order valence-corrected chi connectivity index (χ3v) is 3.31. The van der Waals surface area contributed by atoms with Crippen LogP contribution < -0.4 is 22.1 Å². The van der Waals surface area contributed by atoms with Gasteiger partial charge in [0.05, 0.1) is 11.8 Å². The highest BCUT2D eigenvalue weighted by atomic mass is 15.3. The Labute approximate surface area is 79.4 Å². The smallest absolute Gasteiger partial charge is 0.0690 e. The minimum absolute atomic E-state index is 0.160. The molecule has 76 valence electrons. The van der Waals surface area contributed by atoms with Crippen molar-refractivity contribution in [1.29, 1.82) is 0 Å². The highest BCUT2D eigenvalue weighted by Gasteiger charge is 2.42. The molecule has 13 heavy (non-hydrogen) atoms. The van der Waals surface area contributed by atoms with Crippen LogP contribution in [0.3, 0.4) is 0 Å². The van der Waals surface area contributed by atoms with Gasteiger partial charge in [-0.2, -0.15) is 0 Å². The summed E-state index contributed by atoms with van der Waals surface area (Å²) in [7, 11) is 0. The minimum Gasteiger partial charge on any atom is -0.326 e. The van der Waals surface area contributed by atoms with E-state index in [1.165, 1.54) is 0 Å². The third kappa shape index (κ3) is 1.72. The first-order valence-electron chi connectivity index (χ1n) is 5.21. The van der Waals surface area contributed by atoms with Crippen LogP contribution in [0.2, 0.25) is 0 Å². The number of rotatable bonds is 1. The van der Waals surface area contributed by atoms with Crippen molar-refractivity contribution >= 4 is 0 Å². The largest absolute Gasteiger partial charge is 0.326 e. The molecule has 2 bridgehead atoms. The van der Waals surface area contributed by atoms with Gasteiger partial charge in [-0.05, 0) is 25.7 Å². The number of nitrogens with one attached hydrogen (secondary N) is 2. The Hall–Kier alpha value is -0.160. The first-order valence-corrected chi connectivity index (χ1v) is 5.21. The fourth-order valence-corrected chi connectivity index (χ4v) is 2.45. The van der Waals surface area contributed by atoms with Crippen molar-refractivity contribution in [3.8, 4) is 0 Å². The lowest BCUT2D eigenvalue weighted by Gasteiger charge is -2.50. The molecule has 2 fully saturated rings. The molecule has 2 rings (SSSR count). The molecule has 4 heteroatoms. The summed E-state index contributed by atoms with van der Waals surface area (Å²) in [6, 6.07) is 0.692. The summed E-state index contributed by atoms with van der Waals surface area (Å²) in [5.74, 6) is 0. The lowest BCUT2D eigenvalue weighted by atomic mass is 9.80. The Bertz CT molecular complexity index is 192. The maximum atomic E-state index is 6.22. The summed E-state index contributed by atoms with van der Waals surface area (Å²) < 4.78 is 0. The van der Waals surface area contributed by atoms with Crippen LogP contribution in [0.25, 0.3) is 0 Å². The molecule has 2 aliphatic rings. The Morgan fingerprint density at radius 1 is 1.54 bits per heavy atom. The summed E-state index contributed by atoms with van der Waals surface area (Å²) in [5, 5.41) is 6.94. The summed E-state index contributed by atoms with van der Waals surface area (Å²) >= 11 is 0. The predicted octanol–water partition coefficient (Wildman–Crippen LogP) is -0.550. The van der Waals surface area contributed by atoms with Crippen LogP contribution in [-0.4, -0.2) is 23.9 Å². The summed E-state index contributed by atoms with van der Waals surface area (Å²) in [6.07, 6.45) is 4.39. The van der Waals surface area contributed by atoms with Gasteiger partial charge in [-0.3, -0.25) is 10.6 Å². The van der Waals surface area contributed by atoms with E-state index in [1.54, 1.807) is 0 Å². The van der Waals surface area contributed by atoms with Crippen LogP contribution in [0.15, 0.2) is 0 Å². The lowest BCUT2D eigenvalue weighted by Crippen LogP contribution is -2.74. The van der Waals surface area contributed by atoms with E-state index >= 15 is 0 Å². The highest BCUT2D eigenvalue weighted by molar-refractivity contribution is 5.02. The first-order chi connectivity index (χ1) is 6.13. The van der Waals surface area contributed by atoms with Gasteiger partial charge in [0.15, 0.2) is 0 Å². The van der Waals surface area contributed by atoms with Crippen molar-refractivity contribution in [3.05, 3.63) is 0 Å². The second kappa shape index (κ2) is 3.20. The quantitative estimate of drug-likeness (QED) is 0.441. The van der Waals surface area contributed by atoms with Gasteiger partial charge in [-0.1, -0.05) is 6.92 Å². The number of hydrogen-bond acceptors (Lipinski definition) is 4. The second-order valence-corrected chi connectivity index (χ2v) is 4.44. The van der Waals surface area contributed by atoms with Crippen molar-refractivity contribution in [1.82, 2.24) is 10.6 Å². The molecule has 1 heterocycles. The molecule has 4 unspecified atom stereocenters. The normalized spacial score (nSPS) is 50.5. The molecular weight excluding hydrogens is 164 g/mol. The Morgan fingerprint density at radius 3 is 3.00 bits per heavy atom. The van der Waals surface area contributed by atoms with E-state index in [4.69, 9.17) is 11.5 Å². The fraction of sp³-hybridized carbons (Fsp3) is 1.00. The van der Waals surface area contributed by atoms with Crippen molar-refractivity contribution in [2.45, 2.75) is 56.5 Å². The van der Waals surface area contributed by atoms with Crippen molar-refractivity contribution in [3.63, 3.8) is 0 Å². The highest BCUT2D eigenvalue weighted by Crippen LogP contribution is 2.27. The first kappa shape index (κ1) is 9.40. The molecule has 1 saturated heterocycles. The van der Waals surface area contributed by atoms with E-state index in [2.05, 4.69) is 17.6 Å². The van der Waals surface area contributed by atoms with Crippen LogP contribution in [0.4, 0.5) is 0 Å². The zero-order chi connectivity index (χ0) is 9.47. The molecule has 6 N–H and O–H groups in total. The van der Waals surface area contributed by atoms with E-state index in [1.807, 2.05) is 0 Å². The van der Waals surface area contributed by atoms with E-state index in [9.17, 15) is 0 Å². The molecule has 0 aromatic rings. The molecule has 0 amide bonds. The van der Waals surface area contributed by atoms with Gasteiger partial charge in [-0.15, -0.1) is 0 Å². The van der Waals surface area contributed by atoms with E-state index < -0.39 is 0 Å². The van der Waals surface area contributed by atoms with Gasteiger partial charge in [-0.25, -0.2) is 0 Å². The average molecular weight is 184 g/mol. The van der Waals surface area contributed by atoms with E-state index in [0.717, 1.165) is 25.7 Å². The molecule has 1 aliphatic heterocycles. The standard InChI is InChI=1S/C9H20N4/c1-2-8-12-7-5-9(11,13-8)4-3-6(7)10/h6-8,12-13H,2-5,10-11H2,1H3. The molecule has 1 saturated carbocycles. The SMILES string of the molecule is CCC1NC2CC(N)(CCC2N)N1.